The van der Waals surface area contributed by atoms with E-state index in [2.05, 4.69) is 20.8 Å². The van der Waals surface area contributed by atoms with E-state index in [9.17, 15) is 4.79 Å². The first-order chi connectivity index (χ1) is 8.83. The minimum Gasteiger partial charge on any atom is -0.384 e. The van der Waals surface area contributed by atoms with Gasteiger partial charge in [-0.25, -0.2) is 0 Å². The third-order valence-corrected chi connectivity index (χ3v) is 2.90. The van der Waals surface area contributed by atoms with Gasteiger partial charge in [0.2, 0.25) is 0 Å². The van der Waals surface area contributed by atoms with Gasteiger partial charge in [-0.05, 0) is 36.2 Å². The molecular weight excluding hydrogens is 228 g/mol. The summed E-state index contributed by atoms with van der Waals surface area (Å²) < 4.78 is 0. The van der Waals surface area contributed by atoms with E-state index in [4.69, 9.17) is 0 Å². The third-order valence-electron chi connectivity index (χ3n) is 2.90. The van der Waals surface area contributed by atoms with Gasteiger partial charge in [0.25, 0.3) is 5.91 Å². The Morgan fingerprint density at radius 2 is 2.28 bits per heavy atom. The molecule has 0 spiro atoms. The molecule has 2 aromatic rings. The van der Waals surface area contributed by atoms with Gasteiger partial charge in [0.1, 0.15) is 0 Å². The lowest BCUT2D eigenvalue weighted by molar-refractivity contribution is 0.102. The fourth-order valence-corrected chi connectivity index (χ4v) is 1.99. The van der Waals surface area contributed by atoms with Gasteiger partial charge in [-0.2, -0.15) is 5.10 Å². The number of carbonyl (C=O) groups excluding carboxylic acids is 1. The molecule has 0 bridgehead atoms. The number of carbonyl (C=O) groups is 1. The second-order valence-corrected chi connectivity index (χ2v) is 4.11. The van der Waals surface area contributed by atoms with Crippen LogP contribution in [0.5, 0.6) is 0 Å². The Morgan fingerprint density at radius 3 is 3.11 bits per heavy atom. The van der Waals surface area contributed by atoms with Crippen LogP contribution in [0.4, 0.5) is 11.5 Å². The quantitative estimate of drug-likeness (QED) is 0.838. The molecular formula is C13H12N4O. The van der Waals surface area contributed by atoms with Crippen LogP contribution >= 0.6 is 0 Å². The van der Waals surface area contributed by atoms with Gasteiger partial charge in [0.15, 0.2) is 5.82 Å². The maximum Gasteiger partial charge on any atom is 0.256 e. The molecule has 2 N–H and O–H groups in total. The minimum atomic E-state index is -0.174. The highest BCUT2D eigenvalue weighted by Crippen LogP contribution is 2.23. The van der Waals surface area contributed by atoms with Crippen molar-refractivity contribution in [3.63, 3.8) is 0 Å². The Hall–Kier alpha value is -2.43. The second-order valence-electron chi connectivity index (χ2n) is 4.11. The predicted octanol–water partition coefficient (Wildman–Crippen LogP) is 1.70. The molecule has 5 heteroatoms. The summed E-state index contributed by atoms with van der Waals surface area (Å²) in [5, 5.41) is 13.5. The van der Waals surface area contributed by atoms with Crippen LogP contribution in [0, 0.1) is 0 Å². The first-order valence-corrected chi connectivity index (χ1v) is 5.79. The zero-order valence-electron chi connectivity index (χ0n) is 9.68. The van der Waals surface area contributed by atoms with Crippen molar-refractivity contribution in [1.29, 1.82) is 0 Å². The summed E-state index contributed by atoms with van der Waals surface area (Å²) in [7, 11) is 0. The molecule has 1 aliphatic heterocycles. The van der Waals surface area contributed by atoms with Gasteiger partial charge in [0.05, 0.1) is 0 Å². The number of rotatable bonds is 2. The molecule has 2 heterocycles. The molecule has 1 aromatic carbocycles. The smallest absolute Gasteiger partial charge is 0.256 e. The van der Waals surface area contributed by atoms with E-state index in [1.165, 1.54) is 5.56 Å². The summed E-state index contributed by atoms with van der Waals surface area (Å²) in [6.45, 7) is 0.935. The van der Waals surface area contributed by atoms with Gasteiger partial charge in [-0.15, -0.1) is 5.10 Å². The molecule has 0 fully saturated rings. The Balaban J connectivity index is 1.81. The fraction of sp³-hybridized carbons (Fsp3) is 0.154. The Kier molecular flexibility index (Phi) is 2.64. The van der Waals surface area contributed by atoms with E-state index >= 15 is 0 Å². The van der Waals surface area contributed by atoms with Crippen LogP contribution in [0.2, 0.25) is 0 Å². The molecule has 0 atom stereocenters. The highest BCUT2D eigenvalue weighted by molar-refractivity contribution is 6.04. The normalized spacial score (nSPS) is 12.7. The zero-order chi connectivity index (χ0) is 12.4. The lowest BCUT2D eigenvalue weighted by Crippen LogP contribution is -2.13. The van der Waals surface area contributed by atoms with Crippen molar-refractivity contribution in [2.24, 2.45) is 0 Å². The molecule has 0 aliphatic carbocycles. The maximum absolute atomic E-state index is 12.0. The van der Waals surface area contributed by atoms with Gasteiger partial charge >= 0.3 is 0 Å². The Bertz CT molecular complexity index is 583. The SMILES string of the molecule is O=C(Nc1cccnn1)c1ccc2c(c1)NCC2. The van der Waals surface area contributed by atoms with Crippen LogP contribution < -0.4 is 10.6 Å². The van der Waals surface area contributed by atoms with Crippen molar-refractivity contribution in [1.82, 2.24) is 10.2 Å². The van der Waals surface area contributed by atoms with Gasteiger partial charge in [-0.1, -0.05) is 6.07 Å². The van der Waals surface area contributed by atoms with E-state index in [1.54, 1.807) is 18.3 Å². The number of amides is 1. The number of aromatic nitrogens is 2. The van der Waals surface area contributed by atoms with E-state index in [0.29, 0.717) is 11.4 Å². The van der Waals surface area contributed by atoms with Crippen LogP contribution in [0.25, 0.3) is 0 Å². The molecule has 0 saturated heterocycles. The van der Waals surface area contributed by atoms with E-state index in [1.807, 2.05) is 18.2 Å². The van der Waals surface area contributed by atoms with Crippen molar-refractivity contribution in [3.05, 3.63) is 47.7 Å². The molecule has 1 amide bonds. The van der Waals surface area contributed by atoms with Crippen LogP contribution in [0.1, 0.15) is 15.9 Å². The lowest BCUT2D eigenvalue weighted by Gasteiger charge is -2.05. The van der Waals surface area contributed by atoms with Crippen molar-refractivity contribution in [2.75, 3.05) is 17.2 Å². The molecule has 1 aromatic heterocycles. The summed E-state index contributed by atoms with van der Waals surface area (Å²) in [5.74, 6) is 0.281. The molecule has 3 rings (SSSR count). The molecule has 0 saturated carbocycles. The lowest BCUT2D eigenvalue weighted by atomic mass is 10.1. The number of anilines is 2. The highest BCUT2D eigenvalue weighted by Gasteiger charge is 2.13. The van der Waals surface area contributed by atoms with Crippen molar-refractivity contribution < 1.29 is 4.79 Å². The zero-order valence-corrected chi connectivity index (χ0v) is 9.68. The predicted molar refractivity (Wildman–Crippen MR) is 68.6 cm³/mol. The fourth-order valence-electron chi connectivity index (χ4n) is 1.99. The summed E-state index contributed by atoms with van der Waals surface area (Å²) in [5.41, 5.74) is 2.92. The number of nitrogens with one attached hydrogen (secondary N) is 2. The highest BCUT2D eigenvalue weighted by atomic mass is 16.1. The van der Waals surface area contributed by atoms with E-state index in [0.717, 1.165) is 18.7 Å². The maximum atomic E-state index is 12.0. The average Bonchev–Trinajstić information content (AvgIpc) is 2.87. The van der Waals surface area contributed by atoms with Crippen LogP contribution in [-0.2, 0) is 6.42 Å². The first-order valence-electron chi connectivity index (χ1n) is 5.79. The number of nitrogens with zero attached hydrogens (tertiary/aromatic N) is 2. The Labute approximate surface area is 104 Å². The number of benzene rings is 1. The average molecular weight is 240 g/mol. The van der Waals surface area contributed by atoms with Gasteiger partial charge < -0.3 is 10.6 Å². The van der Waals surface area contributed by atoms with Crippen molar-refractivity contribution >= 4 is 17.4 Å². The number of fused-ring (bicyclic) bond motifs is 1. The number of hydrogen-bond acceptors (Lipinski definition) is 4. The van der Waals surface area contributed by atoms with Crippen LogP contribution in [0.15, 0.2) is 36.5 Å². The van der Waals surface area contributed by atoms with Crippen molar-refractivity contribution in [2.45, 2.75) is 6.42 Å². The van der Waals surface area contributed by atoms with Crippen LogP contribution in [0.3, 0.4) is 0 Å². The molecule has 0 radical (unpaired) electrons. The summed E-state index contributed by atoms with van der Waals surface area (Å²) in [6.07, 6.45) is 2.58. The summed E-state index contributed by atoms with van der Waals surface area (Å²) in [6, 6.07) is 9.12. The molecule has 90 valence electrons. The topological polar surface area (TPSA) is 66.9 Å². The van der Waals surface area contributed by atoms with E-state index < -0.39 is 0 Å². The van der Waals surface area contributed by atoms with E-state index in [-0.39, 0.29) is 5.91 Å². The molecule has 0 unspecified atom stereocenters. The number of hydrogen-bond donors (Lipinski definition) is 2. The molecule has 18 heavy (non-hydrogen) atoms. The van der Waals surface area contributed by atoms with Crippen molar-refractivity contribution in [3.8, 4) is 0 Å². The minimum absolute atomic E-state index is 0.174. The third kappa shape index (κ3) is 2.02. The Morgan fingerprint density at radius 1 is 1.33 bits per heavy atom. The van der Waals surface area contributed by atoms with Gasteiger partial charge in [0, 0.05) is 24.0 Å². The molecule has 1 aliphatic rings. The van der Waals surface area contributed by atoms with Gasteiger partial charge in [-0.3, -0.25) is 4.79 Å². The standard InChI is InChI=1S/C13H12N4O/c18-13(16-12-2-1-6-15-17-12)10-4-3-9-5-7-14-11(9)8-10/h1-4,6,8,14H,5,7H2,(H,16,17,18). The summed E-state index contributed by atoms with van der Waals surface area (Å²) >= 11 is 0. The molecule has 5 nitrogen and oxygen atoms in total. The van der Waals surface area contributed by atoms with Crippen LogP contribution in [-0.4, -0.2) is 22.6 Å². The monoisotopic (exact) mass is 240 g/mol. The largest absolute Gasteiger partial charge is 0.384 e. The summed E-state index contributed by atoms with van der Waals surface area (Å²) in [4.78, 5) is 12.0. The second kappa shape index (κ2) is 4.44. The first kappa shape index (κ1) is 10.7.